The SMILES string of the molecule is COCCC(=O)Nc1cc(Br)ccn1. The van der Waals surface area contributed by atoms with Crippen LogP contribution in [-0.4, -0.2) is 24.6 Å². The number of aromatic nitrogens is 1. The van der Waals surface area contributed by atoms with Gasteiger partial charge >= 0.3 is 0 Å². The number of anilines is 1. The first-order chi connectivity index (χ1) is 6.72. The molecule has 0 atom stereocenters. The number of nitrogens with zero attached hydrogens (tertiary/aromatic N) is 1. The third-order valence-electron chi connectivity index (χ3n) is 1.52. The van der Waals surface area contributed by atoms with E-state index < -0.39 is 0 Å². The summed E-state index contributed by atoms with van der Waals surface area (Å²) < 4.78 is 5.67. The van der Waals surface area contributed by atoms with Crippen molar-refractivity contribution in [2.75, 3.05) is 19.0 Å². The number of hydrogen-bond acceptors (Lipinski definition) is 3. The van der Waals surface area contributed by atoms with E-state index in [0.29, 0.717) is 18.8 Å². The van der Waals surface area contributed by atoms with Crippen molar-refractivity contribution in [2.45, 2.75) is 6.42 Å². The highest BCUT2D eigenvalue weighted by atomic mass is 79.9. The van der Waals surface area contributed by atoms with E-state index in [9.17, 15) is 4.79 Å². The van der Waals surface area contributed by atoms with E-state index in [-0.39, 0.29) is 5.91 Å². The average Bonchev–Trinajstić information content (AvgIpc) is 2.15. The van der Waals surface area contributed by atoms with Crippen molar-refractivity contribution < 1.29 is 9.53 Å². The van der Waals surface area contributed by atoms with Crippen LogP contribution in [0.15, 0.2) is 22.8 Å². The summed E-state index contributed by atoms with van der Waals surface area (Å²) in [4.78, 5) is 15.2. The summed E-state index contributed by atoms with van der Waals surface area (Å²) in [6.45, 7) is 0.417. The Bertz CT molecular complexity index is 317. The first-order valence-electron chi connectivity index (χ1n) is 4.12. The molecule has 1 amide bonds. The maximum atomic E-state index is 11.2. The van der Waals surface area contributed by atoms with E-state index in [2.05, 4.69) is 26.2 Å². The zero-order valence-electron chi connectivity index (χ0n) is 7.79. The molecule has 0 radical (unpaired) electrons. The molecule has 5 heteroatoms. The van der Waals surface area contributed by atoms with Crippen LogP contribution in [0.1, 0.15) is 6.42 Å². The summed E-state index contributed by atoms with van der Waals surface area (Å²) >= 11 is 3.29. The third-order valence-corrected chi connectivity index (χ3v) is 2.02. The number of rotatable bonds is 4. The first kappa shape index (κ1) is 11.1. The van der Waals surface area contributed by atoms with Crippen LogP contribution in [0.2, 0.25) is 0 Å². The Morgan fingerprint density at radius 2 is 2.50 bits per heavy atom. The molecule has 1 rings (SSSR count). The number of nitrogens with one attached hydrogen (secondary N) is 1. The normalized spacial score (nSPS) is 9.86. The number of methoxy groups -OCH3 is 1. The van der Waals surface area contributed by atoms with Gasteiger partial charge in [0, 0.05) is 17.8 Å². The minimum atomic E-state index is -0.0996. The Hall–Kier alpha value is -0.940. The molecule has 0 unspecified atom stereocenters. The highest BCUT2D eigenvalue weighted by Gasteiger charge is 2.02. The number of carbonyl (C=O) groups excluding carboxylic acids is 1. The number of amides is 1. The second-order valence-electron chi connectivity index (χ2n) is 2.65. The molecule has 0 saturated heterocycles. The quantitative estimate of drug-likeness (QED) is 0.897. The van der Waals surface area contributed by atoms with Crippen molar-refractivity contribution >= 4 is 27.7 Å². The van der Waals surface area contributed by atoms with Crippen molar-refractivity contribution in [1.82, 2.24) is 4.98 Å². The molecular formula is C9H11BrN2O2. The Kier molecular flexibility index (Phi) is 4.55. The molecule has 0 fully saturated rings. The predicted octanol–water partition coefficient (Wildman–Crippen LogP) is 1.82. The van der Waals surface area contributed by atoms with Gasteiger partial charge < -0.3 is 10.1 Å². The lowest BCUT2D eigenvalue weighted by Crippen LogP contribution is -2.14. The largest absolute Gasteiger partial charge is 0.384 e. The Morgan fingerprint density at radius 3 is 3.14 bits per heavy atom. The van der Waals surface area contributed by atoms with Gasteiger partial charge in [0.25, 0.3) is 0 Å². The molecule has 1 heterocycles. The number of ether oxygens (including phenoxy) is 1. The Balaban J connectivity index is 2.47. The average molecular weight is 259 g/mol. The fraction of sp³-hybridized carbons (Fsp3) is 0.333. The van der Waals surface area contributed by atoms with Crippen LogP contribution >= 0.6 is 15.9 Å². The van der Waals surface area contributed by atoms with Gasteiger partial charge in [0.2, 0.25) is 5.91 Å². The zero-order valence-corrected chi connectivity index (χ0v) is 9.37. The van der Waals surface area contributed by atoms with Gasteiger partial charge in [-0.2, -0.15) is 0 Å². The van der Waals surface area contributed by atoms with E-state index in [1.54, 1.807) is 25.4 Å². The number of carbonyl (C=O) groups is 1. The lowest BCUT2D eigenvalue weighted by molar-refractivity contribution is -0.117. The zero-order chi connectivity index (χ0) is 10.4. The van der Waals surface area contributed by atoms with Crippen molar-refractivity contribution in [2.24, 2.45) is 0 Å². The standard InChI is InChI=1S/C9H11BrN2O2/c1-14-5-3-9(13)12-8-6-7(10)2-4-11-8/h2,4,6H,3,5H2,1H3,(H,11,12,13). The van der Waals surface area contributed by atoms with E-state index in [1.165, 1.54) is 0 Å². The van der Waals surface area contributed by atoms with Crippen LogP contribution in [0.25, 0.3) is 0 Å². The minimum absolute atomic E-state index is 0.0996. The molecule has 76 valence electrons. The molecular weight excluding hydrogens is 248 g/mol. The highest BCUT2D eigenvalue weighted by Crippen LogP contribution is 2.12. The van der Waals surface area contributed by atoms with Crippen LogP contribution in [0.5, 0.6) is 0 Å². The van der Waals surface area contributed by atoms with Crippen LogP contribution in [0, 0.1) is 0 Å². The topological polar surface area (TPSA) is 51.2 Å². The molecule has 0 saturated carbocycles. The fourth-order valence-corrected chi connectivity index (χ4v) is 1.21. The molecule has 0 aromatic carbocycles. The molecule has 0 aliphatic carbocycles. The number of pyridine rings is 1. The van der Waals surface area contributed by atoms with Gasteiger partial charge in [0.15, 0.2) is 0 Å². The minimum Gasteiger partial charge on any atom is -0.384 e. The second kappa shape index (κ2) is 5.72. The molecule has 0 aliphatic rings. The molecule has 0 aliphatic heterocycles. The maximum Gasteiger partial charge on any atom is 0.227 e. The van der Waals surface area contributed by atoms with Gasteiger partial charge in [-0.1, -0.05) is 15.9 Å². The van der Waals surface area contributed by atoms with E-state index >= 15 is 0 Å². The summed E-state index contributed by atoms with van der Waals surface area (Å²) in [5, 5.41) is 2.66. The fourth-order valence-electron chi connectivity index (χ4n) is 0.873. The molecule has 0 bridgehead atoms. The van der Waals surface area contributed by atoms with Crippen molar-refractivity contribution in [3.05, 3.63) is 22.8 Å². The lowest BCUT2D eigenvalue weighted by atomic mass is 10.4. The molecule has 0 spiro atoms. The van der Waals surface area contributed by atoms with Crippen LogP contribution in [-0.2, 0) is 9.53 Å². The number of halogens is 1. The van der Waals surface area contributed by atoms with Gasteiger partial charge in [-0.05, 0) is 12.1 Å². The van der Waals surface area contributed by atoms with Crippen LogP contribution < -0.4 is 5.32 Å². The summed E-state index contributed by atoms with van der Waals surface area (Å²) in [6.07, 6.45) is 1.96. The second-order valence-corrected chi connectivity index (χ2v) is 3.57. The number of hydrogen-bond donors (Lipinski definition) is 1. The van der Waals surface area contributed by atoms with Crippen molar-refractivity contribution in [1.29, 1.82) is 0 Å². The summed E-state index contributed by atoms with van der Waals surface area (Å²) in [5.74, 6) is 0.443. The molecule has 1 N–H and O–H groups in total. The van der Waals surface area contributed by atoms with Crippen molar-refractivity contribution in [3.8, 4) is 0 Å². The summed E-state index contributed by atoms with van der Waals surface area (Å²) in [6, 6.07) is 3.54. The monoisotopic (exact) mass is 258 g/mol. The lowest BCUT2D eigenvalue weighted by Gasteiger charge is -2.03. The Labute approximate surface area is 90.8 Å². The van der Waals surface area contributed by atoms with Crippen molar-refractivity contribution in [3.63, 3.8) is 0 Å². The highest BCUT2D eigenvalue weighted by molar-refractivity contribution is 9.10. The molecule has 1 aromatic rings. The summed E-state index contributed by atoms with van der Waals surface area (Å²) in [7, 11) is 1.56. The molecule has 4 nitrogen and oxygen atoms in total. The predicted molar refractivity (Wildman–Crippen MR) is 57.1 cm³/mol. The first-order valence-corrected chi connectivity index (χ1v) is 4.92. The van der Waals surface area contributed by atoms with Gasteiger partial charge in [0.05, 0.1) is 13.0 Å². The van der Waals surface area contributed by atoms with E-state index in [4.69, 9.17) is 4.74 Å². The smallest absolute Gasteiger partial charge is 0.227 e. The van der Waals surface area contributed by atoms with Gasteiger partial charge in [-0.25, -0.2) is 4.98 Å². The van der Waals surface area contributed by atoms with Gasteiger partial charge in [-0.15, -0.1) is 0 Å². The van der Waals surface area contributed by atoms with Gasteiger partial charge in [0.1, 0.15) is 5.82 Å². The van der Waals surface area contributed by atoms with Crippen LogP contribution in [0.4, 0.5) is 5.82 Å². The van der Waals surface area contributed by atoms with E-state index in [0.717, 1.165) is 4.47 Å². The summed E-state index contributed by atoms with van der Waals surface area (Å²) in [5.41, 5.74) is 0. The molecule has 14 heavy (non-hydrogen) atoms. The Morgan fingerprint density at radius 1 is 1.71 bits per heavy atom. The third kappa shape index (κ3) is 3.85. The van der Waals surface area contributed by atoms with Crippen LogP contribution in [0.3, 0.4) is 0 Å². The maximum absolute atomic E-state index is 11.2. The van der Waals surface area contributed by atoms with E-state index in [1.807, 2.05) is 0 Å². The van der Waals surface area contributed by atoms with Gasteiger partial charge in [-0.3, -0.25) is 4.79 Å². The molecule has 1 aromatic heterocycles.